The average molecular weight is 327 g/mol. The SMILES string of the molecule is CC[C@H](Oc1cccc(C)c1)C(=O)N[C@@H](C)c1ccccc1OC. The minimum atomic E-state index is -0.524. The summed E-state index contributed by atoms with van der Waals surface area (Å²) in [7, 11) is 1.63. The Balaban J connectivity index is 2.06. The molecule has 4 heteroatoms. The van der Waals surface area contributed by atoms with Crippen LogP contribution in [0.2, 0.25) is 0 Å². The number of hydrogen-bond acceptors (Lipinski definition) is 3. The number of carbonyl (C=O) groups excluding carboxylic acids is 1. The first-order valence-electron chi connectivity index (χ1n) is 8.21. The van der Waals surface area contributed by atoms with Crippen LogP contribution in [0, 0.1) is 6.92 Å². The molecule has 0 heterocycles. The van der Waals surface area contributed by atoms with Gasteiger partial charge in [0.25, 0.3) is 5.91 Å². The molecule has 2 aromatic carbocycles. The van der Waals surface area contributed by atoms with Gasteiger partial charge in [-0.25, -0.2) is 0 Å². The monoisotopic (exact) mass is 327 g/mol. The van der Waals surface area contributed by atoms with Gasteiger partial charge in [0.1, 0.15) is 11.5 Å². The minimum absolute atomic E-state index is 0.127. The average Bonchev–Trinajstić information content (AvgIpc) is 2.59. The van der Waals surface area contributed by atoms with Gasteiger partial charge >= 0.3 is 0 Å². The molecule has 0 unspecified atom stereocenters. The maximum absolute atomic E-state index is 12.6. The molecule has 1 N–H and O–H groups in total. The quantitative estimate of drug-likeness (QED) is 0.835. The van der Waals surface area contributed by atoms with Crippen LogP contribution in [0.1, 0.15) is 37.4 Å². The van der Waals surface area contributed by atoms with Crippen molar-refractivity contribution in [1.82, 2.24) is 5.32 Å². The van der Waals surface area contributed by atoms with Gasteiger partial charge in [-0.15, -0.1) is 0 Å². The first kappa shape index (κ1) is 17.9. The number of para-hydroxylation sites is 1. The number of aryl methyl sites for hydroxylation is 1. The van der Waals surface area contributed by atoms with Crippen molar-refractivity contribution in [1.29, 1.82) is 0 Å². The Kier molecular flexibility index (Phi) is 6.24. The third-order valence-corrected chi connectivity index (χ3v) is 3.90. The Labute approximate surface area is 143 Å². The largest absolute Gasteiger partial charge is 0.496 e. The third-order valence-electron chi connectivity index (χ3n) is 3.90. The van der Waals surface area contributed by atoms with Crippen LogP contribution in [0.5, 0.6) is 11.5 Å². The van der Waals surface area contributed by atoms with Gasteiger partial charge < -0.3 is 14.8 Å². The van der Waals surface area contributed by atoms with E-state index in [1.807, 2.05) is 69.3 Å². The van der Waals surface area contributed by atoms with E-state index in [2.05, 4.69) is 5.32 Å². The lowest BCUT2D eigenvalue weighted by molar-refractivity contribution is -0.128. The van der Waals surface area contributed by atoms with E-state index in [-0.39, 0.29) is 11.9 Å². The van der Waals surface area contributed by atoms with E-state index in [9.17, 15) is 4.79 Å². The van der Waals surface area contributed by atoms with Gasteiger partial charge in [0.15, 0.2) is 6.10 Å². The summed E-state index contributed by atoms with van der Waals surface area (Å²) in [5.74, 6) is 1.34. The summed E-state index contributed by atoms with van der Waals surface area (Å²) < 4.78 is 11.2. The van der Waals surface area contributed by atoms with E-state index < -0.39 is 6.10 Å². The number of hydrogen-bond donors (Lipinski definition) is 1. The van der Waals surface area contributed by atoms with Crippen LogP contribution in [0.25, 0.3) is 0 Å². The second kappa shape index (κ2) is 8.39. The molecule has 0 fully saturated rings. The molecule has 2 aromatic rings. The molecule has 0 radical (unpaired) electrons. The van der Waals surface area contributed by atoms with Crippen molar-refractivity contribution in [3.63, 3.8) is 0 Å². The van der Waals surface area contributed by atoms with Gasteiger partial charge in [-0.1, -0.05) is 37.3 Å². The molecule has 2 atom stereocenters. The number of ether oxygens (including phenoxy) is 2. The van der Waals surface area contributed by atoms with Crippen molar-refractivity contribution < 1.29 is 14.3 Å². The van der Waals surface area contributed by atoms with Gasteiger partial charge in [0.2, 0.25) is 0 Å². The number of methoxy groups -OCH3 is 1. The van der Waals surface area contributed by atoms with Crippen LogP contribution >= 0.6 is 0 Å². The summed E-state index contributed by atoms with van der Waals surface area (Å²) in [6, 6.07) is 15.2. The zero-order valence-electron chi connectivity index (χ0n) is 14.7. The maximum Gasteiger partial charge on any atom is 0.261 e. The molecule has 1 amide bonds. The van der Waals surface area contributed by atoms with Gasteiger partial charge in [0.05, 0.1) is 13.2 Å². The topological polar surface area (TPSA) is 47.6 Å². The van der Waals surface area contributed by atoms with Gasteiger partial charge in [-0.3, -0.25) is 4.79 Å². The molecule has 0 aromatic heterocycles. The highest BCUT2D eigenvalue weighted by Gasteiger charge is 2.22. The lowest BCUT2D eigenvalue weighted by Crippen LogP contribution is -2.39. The predicted molar refractivity (Wildman–Crippen MR) is 95.4 cm³/mol. The fourth-order valence-electron chi connectivity index (χ4n) is 2.58. The summed E-state index contributed by atoms with van der Waals surface area (Å²) in [5.41, 5.74) is 2.05. The highest BCUT2D eigenvalue weighted by Crippen LogP contribution is 2.24. The maximum atomic E-state index is 12.6. The van der Waals surface area contributed by atoms with Crippen LogP contribution in [0.15, 0.2) is 48.5 Å². The molecule has 0 aliphatic carbocycles. The van der Waals surface area contributed by atoms with Crippen molar-refractivity contribution in [2.45, 2.75) is 39.3 Å². The molecule has 0 bridgehead atoms. The third kappa shape index (κ3) is 4.51. The molecular formula is C20H25NO3. The highest BCUT2D eigenvalue weighted by molar-refractivity contribution is 5.81. The summed E-state index contributed by atoms with van der Waals surface area (Å²) in [6.07, 6.45) is 0.0715. The standard InChI is InChI=1S/C20H25NO3/c1-5-18(24-16-10-8-9-14(2)13-16)20(22)21-15(3)17-11-6-7-12-19(17)23-4/h6-13,15,18H,5H2,1-4H3,(H,21,22)/t15-,18-/m0/s1. The van der Waals surface area contributed by atoms with Crippen molar-refractivity contribution in [2.75, 3.05) is 7.11 Å². The van der Waals surface area contributed by atoms with Gasteiger partial charge in [-0.05, 0) is 44.0 Å². The Morgan fingerprint density at radius 1 is 1.17 bits per heavy atom. The van der Waals surface area contributed by atoms with E-state index in [0.29, 0.717) is 12.2 Å². The fourth-order valence-corrected chi connectivity index (χ4v) is 2.58. The molecule has 128 valence electrons. The molecule has 0 saturated carbocycles. The van der Waals surface area contributed by atoms with Gasteiger partial charge in [-0.2, -0.15) is 0 Å². The Morgan fingerprint density at radius 3 is 2.58 bits per heavy atom. The van der Waals surface area contributed by atoms with Crippen molar-refractivity contribution in [2.24, 2.45) is 0 Å². The van der Waals surface area contributed by atoms with E-state index in [0.717, 1.165) is 16.9 Å². The van der Waals surface area contributed by atoms with Crippen molar-refractivity contribution in [3.8, 4) is 11.5 Å². The lowest BCUT2D eigenvalue weighted by Gasteiger charge is -2.22. The number of nitrogens with one attached hydrogen (secondary N) is 1. The second-order valence-corrected chi connectivity index (χ2v) is 5.80. The molecule has 2 rings (SSSR count). The van der Waals surface area contributed by atoms with Crippen LogP contribution in [0.4, 0.5) is 0 Å². The second-order valence-electron chi connectivity index (χ2n) is 5.80. The van der Waals surface area contributed by atoms with E-state index in [4.69, 9.17) is 9.47 Å². The van der Waals surface area contributed by atoms with Gasteiger partial charge in [0, 0.05) is 5.56 Å². The summed E-state index contributed by atoms with van der Waals surface area (Å²) >= 11 is 0. The smallest absolute Gasteiger partial charge is 0.261 e. The molecule has 4 nitrogen and oxygen atoms in total. The first-order valence-corrected chi connectivity index (χ1v) is 8.21. The van der Waals surface area contributed by atoms with Crippen LogP contribution in [-0.2, 0) is 4.79 Å². The molecule has 0 aliphatic rings. The van der Waals surface area contributed by atoms with Crippen LogP contribution in [-0.4, -0.2) is 19.1 Å². The molecule has 0 aliphatic heterocycles. The van der Waals surface area contributed by atoms with Crippen LogP contribution in [0.3, 0.4) is 0 Å². The molecule has 0 saturated heterocycles. The zero-order valence-corrected chi connectivity index (χ0v) is 14.7. The predicted octanol–water partition coefficient (Wildman–Crippen LogP) is 4.04. The summed E-state index contributed by atoms with van der Waals surface area (Å²) in [4.78, 5) is 12.6. The zero-order chi connectivity index (χ0) is 17.5. The Bertz CT molecular complexity index is 684. The minimum Gasteiger partial charge on any atom is -0.496 e. The highest BCUT2D eigenvalue weighted by atomic mass is 16.5. The summed E-state index contributed by atoms with van der Waals surface area (Å²) in [6.45, 7) is 5.88. The first-order chi connectivity index (χ1) is 11.5. The van der Waals surface area contributed by atoms with Crippen LogP contribution < -0.4 is 14.8 Å². The summed E-state index contributed by atoms with van der Waals surface area (Å²) in [5, 5.41) is 3.01. The van der Waals surface area contributed by atoms with Crippen molar-refractivity contribution >= 4 is 5.91 Å². The molecule has 24 heavy (non-hydrogen) atoms. The Morgan fingerprint density at radius 2 is 1.92 bits per heavy atom. The number of amides is 1. The number of carbonyl (C=O) groups is 1. The van der Waals surface area contributed by atoms with E-state index >= 15 is 0 Å². The fraction of sp³-hybridized carbons (Fsp3) is 0.350. The molecular weight excluding hydrogens is 302 g/mol. The Hall–Kier alpha value is -2.49. The van der Waals surface area contributed by atoms with Crippen molar-refractivity contribution in [3.05, 3.63) is 59.7 Å². The van der Waals surface area contributed by atoms with E-state index in [1.54, 1.807) is 7.11 Å². The molecule has 0 spiro atoms. The number of benzene rings is 2. The number of rotatable bonds is 7. The normalized spacial score (nSPS) is 13.0. The van der Waals surface area contributed by atoms with E-state index in [1.165, 1.54) is 0 Å². The lowest BCUT2D eigenvalue weighted by atomic mass is 10.1.